The molecule has 0 N–H and O–H groups in total. The van der Waals surface area contributed by atoms with Crippen molar-refractivity contribution in [2.75, 3.05) is 32.2 Å². The lowest BCUT2D eigenvalue weighted by Crippen LogP contribution is -2.21. The number of nitrogens with zero attached hydrogens (tertiary/aromatic N) is 2. The first-order chi connectivity index (χ1) is 17.5. The third kappa shape index (κ3) is 5.77. The van der Waals surface area contributed by atoms with Gasteiger partial charge in [-0.1, -0.05) is 65.8 Å². The number of ether oxygens (including phenoxy) is 2. The van der Waals surface area contributed by atoms with E-state index in [1.807, 2.05) is 62.4 Å². The van der Waals surface area contributed by atoms with Gasteiger partial charge in [0.1, 0.15) is 17.1 Å². The Bertz CT molecular complexity index is 1290. The van der Waals surface area contributed by atoms with Crippen LogP contribution in [0.2, 0.25) is 0 Å². The van der Waals surface area contributed by atoms with Gasteiger partial charge in [0.05, 0.1) is 20.1 Å². The molecule has 36 heavy (non-hydrogen) atoms. The number of methoxy groups -OCH3 is 1. The molecule has 3 aromatic carbocycles. The van der Waals surface area contributed by atoms with Crippen molar-refractivity contribution in [3.05, 3.63) is 89.6 Å². The fourth-order valence-corrected chi connectivity index (χ4v) is 4.33. The van der Waals surface area contributed by atoms with Crippen molar-refractivity contribution in [3.63, 3.8) is 0 Å². The second-order valence-corrected chi connectivity index (χ2v) is 8.68. The summed E-state index contributed by atoms with van der Waals surface area (Å²) in [6.07, 6.45) is 1.14. The van der Waals surface area contributed by atoms with Crippen LogP contribution in [0.1, 0.15) is 23.7 Å². The second kappa shape index (κ2) is 11.6. The van der Waals surface area contributed by atoms with Crippen LogP contribution in [0, 0.1) is 6.92 Å². The summed E-state index contributed by atoms with van der Waals surface area (Å²) in [6, 6.07) is 24.3. The molecule has 0 spiro atoms. The van der Waals surface area contributed by atoms with Gasteiger partial charge in [0.2, 0.25) is 0 Å². The molecule has 186 valence electrons. The van der Waals surface area contributed by atoms with Gasteiger partial charge < -0.3 is 18.9 Å². The number of hydrogen-bond acceptors (Lipinski definition) is 6. The summed E-state index contributed by atoms with van der Waals surface area (Å²) in [4.78, 5) is 14.2. The summed E-state index contributed by atoms with van der Waals surface area (Å²) in [5.41, 5.74) is 7.02. The maximum absolute atomic E-state index is 12.1. The molecule has 0 aliphatic rings. The highest BCUT2D eigenvalue weighted by Gasteiger charge is 2.19. The highest BCUT2D eigenvalue weighted by molar-refractivity contribution is 5.80. The molecule has 4 rings (SSSR count). The van der Waals surface area contributed by atoms with Gasteiger partial charge in [0.15, 0.2) is 5.76 Å². The van der Waals surface area contributed by atoms with Crippen LogP contribution < -0.4 is 9.64 Å². The molecule has 0 fully saturated rings. The minimum atomic E-state index is -0.221. The summed E-state index contributed by atoms with van der Waals surface area (Å²) in [7, 11) is 3.74. The van der Waals surface area contributed by atoms with Crippen molar-refractivity contribution in [3.8, 4) is 28.2 Å². The van der Waals surface area contributed by atoms with Gasteiger partial charge in [-0.05, 0) is 54.7 Å². The van der Waals surface area contributed by atoms with E-state index in [2.05, 4.69) is 41.4 Å². The largest absolute Gasteiger partial charge is 0.497 e. The van der Waals surface area contributed by atoms with E-state index >= 15 is 0 Å². The van der Waals surface area contributed by atoms with Crippen molar-refractivity contribution in [1.82, 2.24) is 5.16 Å². The number of aryl methyl sites for hydroxylation is 1. The third-order valence-corrected chi connectivity index (χ3v) is 6.22. The SMILES string of the molecule is CCOC(=O)Cc1ccccc1-c1ccc(-c2onc(C)c2N(C)CCc2ccc(OC)cc2)cc1. The number of benzene rings is 3. The van der Waals surface area contributed by atoms with Gasteiger partial charge in [0, 0.05) is 19.2 Å². The van der Waals surface area contributed by atoms with E-state index < -0.39 is 0 Å². The molecular formula is C30H32N2O4. The molecule has 0 radical (unpaired) electrons. The molecular weight excluding hydrogens is 452 g/mol. The van der Waals surface area contributed by atoms with Gasteiger partial charge >= 0.3 is 5.97 Å². The summed E-state index contributed by atoms with van der Waals surface area (Å²) < 4.78 is 16.2. The maximum atomic E-state index is 12.1. The van der Waals surface area contributed by atoms with Crippen molar-refractivity contribution < 1.29 is 18.8 Å². The Hall–Kier alpha value is -4.06. The van der Waals surface area contributed by atoms with E-state index in [0.29, 0.717) is 6.61 Å². The molecule has 0 aliphatic heterocycles. The average molecular weight is 485 g/mol. The zero-order chi connectivity index (χ0) is 25.5. The minimum absolute atomic E-state index is 0.221. The first-order valence-electron chi connectivity index (χ1n) is 12.1. The Kier molecular flexibility index (Phi) is 8.06. The van der Waals surface area contributed by atoms with E-state index in [1.165, 1.54) is 5.56 Å². The summed E-state index contributed by atoms with van der Waals surface area (Å²) in [5.74, 6) is 1.38. The molecule has 1 aromatic heterocycles. The van der Waals surface area contributed by atoms with Gasteiger partial charge in [-0.3, -0.25) is 4.79 Å². The zero-order valence-corrected chi connectivity index (χ0v) is 21.3. The number of carbonyl (C=O) groups is 1. The molecule has 1 heterocycles. The predicted octanol–water partition coefficient (Wildman–Crippen LogP) is 6.11. The van der Waals surface area contributed by atoms with Crippen LogP contribution in [-0.4, -0.2) is 38.4 Å². The maximum Gasteiger partial charge on any atom is 0.310 e. The second-order valence-electron chi connectivity index (χ2n) is 8.68. The number of likely N-dealkylation sites (N-methyl/N-ethyl adjacent to an activating group) is 1. The van der Waals surface area contributed by atoms with Gasteiger partial charge in [-0.25, -0.2) is 0 Å². The topological polar surface area (TPSA) is 64.8 Å². The molecule has 6 nitrogen and oxygen atoms in total. The molecule has 0 bridgehead atoms. The highest BCUT2D eigenvalue weighted by atomic mass is 16.5. The van der Waals surface area contributed by atoms with Crippen LogP contribution in [0.5, 0.6) is 5.75 Å². The molecule has 0 aliphatic carbocycles. The van der Waals surface area contributed by atoms with Gasteiger partial charge in [0.25, 0.3) is 0 Å². The van der Waals surface area contributed by atoms with Gasteiger partial charge in [-0.15, -0.1) is 0 Å². The molecule has 0 atom stereocenters. The Labute approximate surface area is 212 Å². The van der Waals surface area contributed by atoms with E-state index in [-0.39, 0.29) is 12.4 Å². The van der Waals surface area contributed by atoms with E-state index in [4.69, 9.17) is 14.0 Å². The Morgan fingerprint density at radius 1 is 0.972 bits per heavy atom. The van der Waals surface area contributed by atoms with Crippen LogP contribution in [0.25, 0.3) is 22.5 Å². The Morgan fingerprint density at radius 2 is 1.67 bits per heavy atom. The van der Waals surface area contributed by atoms with Crippen molar-refractivity contribution in [2.45, 2.75) is 26.7 Å². The smallest absolute Gasteiger partial charge is 0.310 e. The monoisotopic (exact) mass is 484 g/mol. The van der Waals surface area contributed by atoms with E-state index in [1.54, 1.807) is 7.11 Å². The number of hydrogen-bond donors (Lipinski definition) is 0. The Balaban J connectivity index is 1.52. The lowest BCUT2D eigenvalue weighted by molar-refractivity contribution is -0.142. The first-order valence-corrected chi connectivity index (χ1v) is 12.1. The molecule has 0 unspecified atom stereocenters. The highest BCUT2D eigenvalue weighted by Crippen LogP contribution is 2.35. The fourth-order valence-electron chi connectivity index (χ4n) is 4.33. The molecule has 4 aromatic rings. The standard InChI is InChI=1S/C30H32N2O4/c1-5-35-28(33)20-25-8-6-7-9-27(25)23-12-14-24(15-13-23)30-29(21(2)31-36-30)32(3)19-18-22-10-16-26(34-4)17-11-22/h6-17H,5,18-20H2,1-4H3. The van der Waals surface area contributed by atoms with Crippen molar-refractivity contribution in [2.24, 2.45) is 0 Å². The van der Waals surface area contributed by atoms with Crippen LogP contribution in [0.4, 0.5) is 5.69 Å². The van der Waals surface area contributed by atoms with Crippen molar-refractivity contribution in [1.29, 1.82) is 0 Å². The summed E-state index contributed by atoms with van der Waals surface area (Å²) in [6.45, 7) is 4.98. The van der Waals surface area contributed by atoms with Crippen LogP contribution >= 0.6 is 0 Å². The lowest BCUT2D eigenvalue weighted by atomic mass is 9.96. The number of esters is 1. The zero-order valence-electron chi connectivity index (χ0n) is 21.3. The van der Waals surface area contributed by atoms with E-state index in [0.717, 1.165) is 58.1 Å². The lowest BCUT2D eigenvalue weighted by Gasteiger charge is -2.19. The van der Waals surface area contributed by atoms with E-state index in [9.17, 15) is 4.79 Å². The third-order valence-electron chi connectivity index (χ3n) is 6.22. The fraction of sp³-hybridized carbons (Fsp3) is 0.267. The first kappa shape index (κ1) is 25.0. The number of rotatable bonds is 10. The van der Waals surface area contributed by atoms with Crippen LogP contribution in [-0.2, 0) is 22.4 Å². The number of carbonyl (C=O) groups excluding carboxylic acids is 1. The molecule has 0 saturated carbocycles. The average Bonchev–Trinajstić information content (AvgIpc) is 3.29. The van der Waals surface area contributed by atoms with Crippen molar-refractivity contribution >= 4 is 11.7 Å². The van der Waals surface area contributed by atoms with Gasteiger partial charge in [-0.2, -0.15) is 0 Å². The molecule has 6 heteroatoms. The van der Waals surface area contributed by atoms with Crippen LogP contribution in [0.15, 0.2) is 77.3 Å². The Morgan fingerprint density at radius 3 is 2.36 bits per heavy atom. The summed E-state index contributed by atoms with van der Waals surface area (Å²) in [5, 5.41) is 4.25. The summed E-state index contributed by atoms with van der Waals surface area (Å²) >= 11 is 0. The molecule has 0 amide bonds. The number of aromatic nitrogens is 1. The van der Waals surface area contributed by atoms with Crippen LogP contribution in [0.3, 0.4) is 0 Å². The quantitative estimate of drug-likeness (QED) is 0.253. The number of anilines is 1. The normalized spacial score (nSPS) is 10.8. The predicted molar refractivity (Wildman–Crippen MR) is 142 cm³/mol. The minimum Gasteiger partial charge on any atom is -0.497 e. The molecule has 0 saturated heterocycles.